The molecule has 0 atom stereocenters. The van der Waals surface area contributed by atoms with Crippen LogP contribution in [0, 0.1) is 6.92 Å². The molecule has 0 aliphatic heterocycles. The number of aryl methyl sites for hydroxylation is 1. The summed E-state index contributed by atoms with van der Waals surface area (Å²) in [6.07, 6.45) is 1.53. The van der Waals surface area contributed by atoms with Gasteiger partial charge < -0.3 is 5.73 Å². The number of halogens is 1. The lowest BCUT2D eigenvalue weighted by Crippen LogP contribution is -2.14. The van der Waals surface area contributed by atoms with Crippen LogP contribution >= 0.6 is 11.6 Å². The van der Waals surface area contributed by atoms with Crippen LogP contribution in [0.5, 0.6) is 0 Å². The van der Waals surface area contributed by atoms with Gasteiger partial charge in [0.1, 0.15) is 5.82 Å². The molecule has 0 aliphatic carbocycles. The van der Waals surface area contributed by atoms with E-state index in [0.717, 1.165) is 5.56 Å². The van der Waals surface area contributed by atoms with Crippen LogP contribution in [0.1, 0.15) is 5.56 Å². The zero-order chi connectivity index (χ0) is 14.0. The van der Waals surface area contributed by atoms with E-state index in [-0.39, 0.29) is 16.4 Å². The van der Waals surface area contributed by atoms with Gasteiger partial charge >= 0.3 is 0 Å². The molecule has 2 rings (SSSR count). The average molecular weight is 298 g/mol. The maximum Gasteiger partial charge on any atom is 0.263 e. The van der Waals surface area contributed by atoms with Crippen molar-refractivity contribution >= 4 is 33.1 Å². The largest absolute Gasteiger partial charge is 0.397 e. The first-order valence-corrected chi connectivity index (χ1v) is 7.25. The van der Waals surface area contributed by atoms with E-state index < -0.39 is 10.0 Å². The summed E-state index contributed by atoms with van der Waals surface area (Å²) in [6, 6.07) is 7.54. The highest BCUT2D eigenvalue weighted by Crippen LogP contribution is 2.23. The van der Waals surface area contributed by atoms with Crippen molar-refractivity contribution in [2.24, 2.45) is 0 Å². The first-order valence-electron chi connectivity index (χ1n) is 5.39. The van der Waals surface area contributed by atoms with E-state index >= 15 is 0 Å². The van der Waals surface area contributed by atoms with Gasteiger partial charge in [-0.2, -0.15) is 0 Å². The molecular formula is C12H12ClN3O2S. The summed E-state index contributed by atoms with van der Waals surface area (Å²) >= 11 is 5.76. The van der Waals surface area contributed by atoms with Crippen molar-refractivity contribution in [2.75, 3.05) is 10.5 Å². The summed E-state index contributed by atoms with van der Waals surface area (Å²) in [5, 5.41) is 0.313. The Morgan fingerprint density at radius 3 is 2.63 bits per heavy atom. The van der Waals surface area contributed by atoms with E-state index in [4.69, 9.17) is 17.3 Å². The van der Waals surface area contributed by atoms with Gasteiger partial charge in [-0.15, -0.1) is 0 Å². The van der Waals surface area contributed by atoms with Gasteiger partial charge in [0, 0.05) is 6.20 Å². The molecule has 0 fully saturated rings. The summed E-state index contributed by atoms with van der Waals surface area (Å²) in [6.45, 7) is 1.85. The van der Waals surface area contributed by atoms with Crippen LogP contribution in [0.4, 0.5) is 11.5 Å². The summed E-state index contributed by atoms with van der Waals surface area (Å²) in [7, 11) is -3.72. The molecule has 0 saturated heterocycles. The highest BCUT2D eigenvalue weighted by molar-refractivity contribution is 7.92. The second-order valence-electron chi connectivity index (χ2n) is 4.01. The molecule has 0 amide bonds. The molecule has 7 heteroatoms. The molecule has 0 aliphatic rings. The molecule has 0 spiro atoms. The minimum Gasteiger partial charge on any atom is -0.397 e. The number of nitrogens with one attached hydrogen (secondary N) is 1. The van der Waals surface area contributed by atoms with Crippen LogP contribution < -0.4 is 10.5 Å². The van der Waals surface area contributed by atoms with Gasteiger partial charge in [0.15, 0.2) is 0 Å². The summed E-state index contributed by atoms with van der Waals surface area (Å²) in [4.78, 5) is 3.98. The van der Waals surface area contributed by atoms with Crippen molar-refractivity contribution in [3.63, 3.8) is 0 Å². The number of aromatic nitrogens is 1. The number of hydrogen-bond donors (Lipinski definition) is 2. The predicted molar refractivity (Wildman–Crippen MR) is 75.6 cm³/mol. The first kappa shape index (κ1) is 13.6. The maximum atomic E-state index is 12.1. The Labute approximate surface area is 116 Å². The number of pyridine rings is 1. The Bertz CT molecular complexity index is 717. The topological polar surface area (TPSA) is 85.1 Å². The van der Waals surface area contributed by atoms with Crippen LogP contribution in [0.25, 0.3) is 0 Å². The molecule has 3 N–H and O–H groups in total. The smallest absolute Gasteiger partial charge is 0.263 e. The van der Waals surface area contributed by atoms with Gasteiger partial charge in [-0.05, 0) is 42.8 Å². The number of nitrogens with two attached hydrogens (primary N) is 1. The Morgan fingerprint density at radius 2 is 2.00 bits per heavy atom. The molecule has 0 bridgehead atoms. The fourth-order valence-corrected chi connectivity index (χ4v) is 2.63. The number of hydrogen-bond acceptors (Lipinski definition) is 4. The standard InChI is InChI=1S/C12H12ClN3O2S/c1-8-4-5-15-12(6-8)16-19(17,18)9-2-3-10(13)11(14)7-9/h2-7H,14H2,1H3,(H,15,16). The number of nitrogen functional groups attached to an aromatic ring is 1. The number of rotatable bonds is 3. The minimum absolute atomic E-state index is 0.0395. The monoisotopic (exact) mass is 297 g/mol. The van der Waals surface area contributed by atoms with Crippen LogP contribution in [-0.2, 0) is 10.0 Å². The minimum atomic E-state index is -3.72. The summed E-state index contributed by atoms with van der Waals surface area (Å²) in [5.74, 6) is 0.258. The third-order valence-corrected chi connectivity index (χ3v) is 4.13. The van der Waals surface area contributed by atoms with Gasteiger partial charge in [-0.3, -0.25) is 4.72 Å². The van der Waals surface area contributed by atoms with Gasteiger partial charge in [-0.25, -0.2) is 13.4 Å². The molecule has 0 unspecified atom stereocenters. The lowest BCUT2D eigenvalue weighted by atomic mass is 10.3. The van der Waals surface area contributed by atoms with E-state index in [2.05, 4.69) is 9.71 Å². The molecule has 0 radical (unpaired) electrons. The number of sulfonamides is 1. The van der Waals surface area contributed by atoms with Gasteiger partial charge in [0.05, 0.1) is 15.6 Å². The van der Waals surface area contributed by atoms with Crippen LogP contribution in [0.15, 0.2) is 41.4 Å². The van der Waals surface area contributed by atoms with Gasteiger partial charge in [0.25, 0.3) is 10.0 Å². The normalized spacial score (nSPS) is 11.3. The fourth-order valence-electron chi connectivity index (χ4n) is 1.48. The van der Waals surface area contributed by atoms with Crippen molar-refractivity contribution < 1.29 is 8.42 Å². The first-order chi connectivity index (χ1) is 8.88. The molecule has 2 aromatic rings. The summed E-state index contributed by atoms with van der Waals surface area (Å²) < 4.78 is 26.6. The molecule has 5 nitrogen and oxygen atoms in total. The second kappa shape index (κ2) is 5.07. The van der Waals surface area contributed by atoms with Crippen molar-refractivity contribution in [2.45, 2.75) is 11.8 Å². The van der Waals surface area contributed by atoms with Crippen LogP contribution in [-0.4, -0.2) is 13.4 Å². The van der Waals surface area contributed by atoms with Crippen LogP contribution in [0.3, 0.4) is 0 Å². The zero-order valence-corrected chi connectivity index (χ0v) is 11.7. The summed E-state index contributed by atoms with van der Waals surface area (Å²) in [5.41, 5.74) is 6.71. The third-order valence-electron chi connectivity index (χ3n) is 2.43. The predicted octanol–water partition coefficient (Wildman–Crippen LogP) is 2.43. The molecule has 0 saturated carbocycles. The Hall–Kier alpha value is -1.79. The molecule has 1 aromatic heterocycles. The highest BCUT2D eigenvalue weighted by atomic mass is 35.5. The number of benzene rings is 1. The highest BCUT2D eigenvalue weighted by Gasteiger charge is 2.15. The van der Waals surface area contributed by atoms with Gasteiger partial charge in [0.2, 0.25) is 0 Å². The van der Waals surface area contributed by atoms with Crippen LogP contribution in [0.2, 0.25) is 5.02 Å². The molecule has 100 valence electrons. The number of nitrogens with zero attached hydrogens (tertiary/aromatic N) is 1. The molecule has 1 heterocycles. The van der Waals surface area contributed by atoms with Crippen molar-refractivity contribution in [3.8, 4) is 0 Å². The van der Waals surface area contributed by atoms with Crippen molar-refractivity contribution in [1.29, 1.82) is 0 Å². The van der Waals surface area contributed by atoms with Gasteiger partial charge in [-0.1, -0.05) is 11.6 Å². The Morgan fingerprint density at radius 1 is 1.26 bits per heavy atom. The molecule has 1 aromatic carbocycles. The SMILES string of the molecule is Cc1ccnc(NS(=O)(=O)c2ccc(Cl)c(N)c2)c1. The van der Waals surface area contributed by atoms with E-state index in [0.29, 0.717) is 5.02 Å². The lowest BCUT2D eigenvalue weighted by molar-refractivity contribution is 0.601. The maximum absolute atomic E-state index is 12.1. The number of anilines is 2. The third kappa shape index (κ3) is 3.15. The van der Waals surface area contributed by atoms with Crippen molar-refractivity contribution in [1.82, 2.24) is 4.98 Å². The molecule has 19 heavy (non-hydrogen) atoms. The quantitative estimate of drug-likeness (QED) is 0.852. The van der Waals surface area contributed by atoms with E-state index in [1.54, 1.807) is 12.1 Å². The van der Waals surface area contributed by atoms with E-state index in [9.17, 15) is 8.42 Å². The second-order valence-corrected chi connectivity index (χ2v) is 6.10. The zero-order valence-electron chi connectivity index (χ0n) is 10.1. The fraction of sp³-hybridized carbons (Fsp3) is 0.0833. The average Bonchev–Trinajstić information content (AvgIpc) is 2.32. The molecular weight excluding hydrogens is 286 g/mol. The Kier molecular flexibility index (Phi) is 3.64. The van der Waals surface area contributed by atoms with E-state index in [1.807, 2.05) is 6.92 Å². The van der Waals surface area contributed by atoms with E-state index in [1.165, 1.54) is 24.4 Å². The van der Waals surface area contributed by atoms with Crippen molar-refractivity contribution in [3.05, 3.63) is 47.1 Å². The lowest BCUT2D eigenvalue weighted by Gasteiger charge is -2.08. The Balaban J connectivity index is 2.35.